The zero-order valence-electron chi connectivity index (χ0n) is 11.1. The molecule has 0 aromatic heterocycles. The van der Waals surface area contributed by atoms with Crippen molar-refractivity contribution in [2.24, 2.45) is 0 Å². The van der Waals surface area contributed by atoms with E-state index in [0.29, 0.717) is 19.6 Å². The molecule has 0 spiro atoms. The normalized spacial score (nSPS) is 23.3. The second-order valence-corrected chi connectivity index (χ2v) is 4.87. The van der Waals surface area contributed by atoms with Gasteiger partial charge in [-0.15, -0.1) is 9.24 Å². The highest BCUT2D eigenvalue weighted by atomic mass is 31.0. The maximum absolute atomic E-state index is 5.87. The lowest BCUT2D eigenvalue weighted by molar-refractivity contribution is -0.435. The standard InChI is InChI=1S/C12H25O4P/c1-4-10(15-11(17)5-2)16-12(6-3)13-8-7-9-14-12/h10-11H,4-9,17H2,1-3H3. The topological polar surface area (TPSA) is 36.9 Å². The highest BCUT2D eigenvalue weighted by molar-refractivity contribution is 7.17. The van der Waals surface area contributed by atoms with Crippen LogP contribution in [0.3, 0.4) is 0 Å². The molecule has 17 heavy (non-hydrogen) atoms. The second kappa shape index (κ2) is 7.65. The third-order valence-corrected chi connectivity index (χ3v) is 3.37. The lowest BCUT2D eigenvalue weighted by Crippen LogP contribution is -2.46. The molecule has 1 saturated heterocycles. The lowest BCUT2D eigenvalue weighted by Gasteiger charge is -2.38. The Balaban J connectivity index is 2.51. The molecule has 1 aliphatic rings. The van der Waals surface area contributed by atoms with Gasteiger partial charge in [-0.05, 0) is 19.3 Å². The number of ether oxygens (including phenoxy) is 4. The minimum Gasteiger partial charge on any atom is -0.345 e. The molecule has 3 atom stereocenters. The van der Waals surface area contributed by atoms with E-state index in [-0.39, 0.29) is 12.1 Å². The Morgan fingerprint density at radius 3 is 2.29 bits per heavy atom. The summed E-state index contributed by atoms with van der Waals surface area (Å²) in [5, 5.41) is 0. The zero-order valence-corrected chi connectivity index (χ0v) is 12.3. The van der Waals surface area contributed by atoms with E-state index in [1.807, 2.05) is 13.8 Å². The first-order chi connectivity index (χ1) is 8.15. The van der Waals surface area contributed by atoms with Gasteiger partial charge in [0.2, 0.25) is 0 Å². The summed E-state index contributed by atoms with van der Waals surface area (Å²) in [5.74, 6) is -0.797. The fraction of sp³-hybridized carbons (Fsp3) is 1.00. The van der Waals surface area contributed by atoms with Gasteiger partial charge in [-0.1, -0.05) is 20.8 Å². The average molecular weight is 264 g/mol. The maximum atomic E-state index is 5.87. The maximum Gasteiger partial charge on any atom is 0.284 e. The van der Waals surface area contributed by atoms with Gasteiger partial charge < -0.3 is 14.2 Å². The smallest absolute Gasteiger partial charge is 0.284 e. The Bertz CT molecular complexity index is 207. The van der Waals surface area contributed by atoms with Crippen LogP contribution in [-0.4, -0.2) is 31.3 Å². The van der Waals surface area contributed by atoms with Crippen LogP contribution in [0.2, 0.25) is 0 Å². The Morgan fingerprint density at radius 2 is 1.82 bits per heavy atom. The van der Waals surface area contributed by atoms with Gasteiger partial charge in [0.1, 0.15) is 0 Å². The SMILES string of the molecule is CCC(P)OC(CC)OC1(CC)OCCCO1. The Morgan fingerprint density at radius 1 is 1.18 bits per heavy atom. The summed E-state index contributed by atoms with van der Waals surface area (Å²) in [4.78, 5) is 0. The molecule has 0 aliphatic carbocycles. The fourth-order valence-electron chi connectivity index (χ4n) is 1.61. The van der Waals surface area contributed by atoms with Crippen molar-refractivity contribution in [1.29, 1.82) is 0 Å². The molecule has 0 N–H and O–H groups in total. The molecule has 1 aliphatic heterocycles. The van der Waals surface area contributed by atoms with Crippen LogP contribution >= 0.6 is 9.24 Å². The van der Waals surface area contributed by atoms with E-state index in [1.165, 1.54) is 0 Å². The molecule has 5 heteroatoms. The summed E-state index contributed by atoms with van der Waals surface area (Å²) in [5.41, 5.74) is 0. The van der Waals surface area contributed by atoms with Crippen molar-refractivity contribution in [2.45, 2.75) is 64.6 Å². The molecule has 0 amide bonds. The van der Waals surface area contributed by atoms with Gasteiger partial charge >= 0.3 is 0 Å². The molecule has 102 valence electrons. The molecule has 0 saturated carbocycles. The van der Waals surface area contributed by atoms with Crippen LogP contribution in [0.5, 0.6) is 0 Å². The first-order valence-electron chi connectivity index (χ1n) is 6.52. The van der Waals surface area contributed by atoms with E-state index in [0.717, 1.165) is 19.3 Å². The molecule has 0 bridgehead atoms. The van der Waals surface area contributed by atoms with Crippen LogP contribution in [0.15, 0.2) is 0 Å². The van der Waals surface area contributed by atoms with Gasteiger partial charge in [0.05, 0.1) is 19.1 Å². The zero-order chi connectivity index (χ0) is 12.7. The van der Waals surface area contributed by atoms with E-state index in [2.05, 4.69) is 16.2 Å². The minimum absolute atomic E-state index is 0.109. The van der Waals surface area contributed by atoms with Gasteiger partial charge in [-0.2, -0.15) is 0 Å². The van der Waals surface area contributed by atoms with Crippen molar-refractivity contribution in [3.05, 3.63) is 0 Å². The Kier molecular flexibility index (Phi) is 6.90. The van der Waals surface area contributed by atoms with Crippen molar-refractivity contribution < 1.29 is 18.9 Å². The van der Waals surface area contributed by atoms with Crippen molar-refractivity contribution in [1.82, 2.24) is 0 Å². The quantitative estimate of drug-likeness (QED) is 0.523. The average Bonchev–Trinajstić information content (AvgIpc) is 2.38. The molecule has 0 aromatic rings. The molecule has 4 nitrogen and oxygen atoms in total. The van der Waals surface area contributed by atoms with E-state index in [4.69, 9.17) is 18.9 Å². The van der Waals surface area contributed by atoms with Crippen LogP contribution in [0.25, 0.3) is 0 Å². The summed E-state index contributed by atoms with van der Waals surface area (Å²) in [6, 6.07) is 0. The lowest BCUT2D eigenvalue weighted by atomic mass is 10.3. The van der Waals surface area contributed by atoms with Crippen LogP contribution in [-0.2, 0) is 18.9 Å². The third-order valence-electron chi connectivity index (χ3n) is 2.74. The van der Waals surface area contributed by atoms with Crippen molar-refractivity contribution >= 4 is 9.24 Å². The van der Waals surface area contributed by atoms with Crippen LogP contribution in [0, 0.1) is 0 Å². The van der Waals surface area contributed by atoms with E-state index in [9.17, 15) is 0 Å². The van der Waals surface area contributed by atoms with E-state index < -0.39 is 5.97 Å². The first-order valence-corrected chi connectivity index (χ1v) is 7.19. The summed E-state index contributed by atoms with van der Waals surface area (Å²) >= 11 is 0. The third kappa shape index (κ3) is 4.80. The Hall–Kier alpha value is 0.270. The van der Waals surface area contributed by atoms with Crippen molar-refractivity contribution in [3.8, 4) is 0 Å². The van der Waals surface area contributed by atoms with Gasteiger partial charge in [0.15, 0.2) is 6.29 Å². The first kappa shape index (κ1) is 15.3. The predicted molar refractivity (Wildman–Crippen MR) is 69.6 cm³/mol. The van der Waals surface area contributed by atoms with Crippen LogP contribution < -0.4 is 0 Å². The molecule has 1 heterocycles. The molecule has 1 rings (SSSR count). The molecule has 1 fully saturated rings. The fourth-order valence-corrected chi connectivity index (χ4v) is 1.79. The minimum atomic E-state index is -0.906. The van der Waals surface area contributed by atoms with Gasteiger partial charge in [-0.25, -0.2) is 0 Å². The predicted octanol–water partition coefficient (Wildman–Crippen LogP) is 2.87. The van der Waals surface area contributed by atoms with Crippen LogP contribution in [0.1, 0.15) is 46.5 Å². The van der Waals surface area contributed by atoms with E-state index >= 15 is 0 Å². The monoisotopic (exact) mass is 264 g/mol. The molecule has 0 aromatic carbocycles. The van der Waals surface area contributed by atoms with Gasteiger partial charge in [0.25, 0.3) is 5.97 Å². The summed E-state index contributed by atoms with van der Waals surface area (Å²) in [7, 11) is 2.67. The second-order valence-electron chi connectivity index (χ2n) is 4.13. The summed E-state index contributed by atoms with van der Waals surface area (Å²) in [6.45, 7) is 7.47. The highest BCUT2D eigenvalue weighted by Crippen LogP contribution is 2.28. The highest BCUT2D eigenvalue weighted by Gasteiger charge is 2.37. The Labute approximate surface area is 107 Å². The molecule has 3 unspecified atom stereocenters. The van der Waals surface area contributed by atoms with Gasteiger partial charge in [0, 0.05) is 6.42 Å². The molecule has 0 radical (unpaired) electrons. The van der Waals surface area contributed by atoms with E-state index in [1.54, 1.807) is 0 Å². The number of hydrogen-bond acceptors (Lipinski definition) is 4. The van der Waals surface area contributed by atoms with Crippen molar-refractivity contribution in [3.63, 3.8) is 0 Å². The molecular formula is C12H25O4P. The van der Waals surface area contributed by atoms with Gasteiger partial charge in [-0.3, -0.25) is 4.74 Å². The summed E-state index contributed by atoms with van der Waals surface area (Å²) < 4.78 is 22.9. The molecular weight excluding hydrogens is 239 g/mol. The van der Waals surface area contributed by atoms with Crippen molar-refractivity contribution in [2.75, 3.05) is 13.2 Å². The largest absolute Gasteiger partial charge is 0.345 e. The van der Waals surface area contributed by atoms with Crippen LogP contribution in [0.4, 0.5) is 0 Å². The number of hydrogen-bond donors (Lipinski definition) is 0. The summed E-state index contributed by atoms with van der Waals surface area (Å²) in [6.07, 6.45) is 3.02. The number of rotatable bonds is 7.